The molecule has 35 heavy (non-hydrogen) atoms. The highest BCUT2D eigenvalue weighted by atomic mass is 32.1. The Morgan fingerprint density at radius 1 is 1.09 bits per heavy atom. The lowest BCUT2D eigenvalue weighted by Crippen LogP contribution is -2.57. The van der Waals surface area contributed by atoms with Crippen LogP contribution in [0.4, 0.5) is 0 Å². The second-order valence-corrected chi connectivity index (χ2v) is 10.5. The van der Waals surface area contributed by atoms with Crippen molar-refractivity contribution in [1.29, 1.82) is 0 Å². The van der Waals surface area contributed by atoms with Gasteiger partial charge in [-0.15, -0.1) is 11.3 Å². The zero-order valence-electron chi connectivity index (χ0n) is 20.2. The lowest BCUT2D eigenvalue weighted by molar-refractivity contribution is 0.0622. The normalized spacial score (nSPS) is 21.2. The minimum absolute atomic E-state index is 0.0241. The third kappa shape index (κ3) is 5.42. The predicted molar refractivity (Wildman–Crippen MR) is 141 cm³/mol. The largest absolute Gasteiger partial charge is 0.382 e. The Morgan fingerprint density at radius 3 is 2.69 bits per heavy atom. The SMILES string of the molecule is CCOCCCNC(=O)c1cccc(-c2cccc3cc(C(=O)N[C@H]4CN5CCC4CC5)sc23)c1. The molecule has 2 N–H and O–H groups in total. The summed E-state index contributed by atoms with van der Waals surface area (Å²) in [5, 5.41) is 7.33. The summed E-state index contributed by atoms with van der Waals surface area (Å²) in [7, 11) is 0. The van der Waals surface area contributed by atoms with Gasteiger partial charge in [-0.3, -0.25) is 9.59 Å². The van der Waals surface area contributed by atoms with Crippen molar-refractivity contribution >= 4 is 33.2 Å². The second-order valence-electron chi connectivity index (χ2n) is 9.44. The van der Waals surface area contributed by atoms with Crippen molar-refractivity contribution in [2.24, 2.45) is 5.92 Å². The van der Waals surface area contributed by atoms with Crippen LogP contribution < -0.4 is 10.6 Å². The van der Waals surface area contributed by atoms with E-state index in [1.165, 1.54) is 24.2 Å². The summed E-state index contributed by atoms with van der Waals surface area (Å²) in [6.07, 6.45) is 3.15. The molecule has 0 unspecified atom stereocenters. The Hall–Kier alpha value is -2.74. The number of amides is 2. The molecule has 0 radical (unpaired) electrons. The number of hydrogen-bond acceptors (Lipinski definition) is 5. The van der Waals surface area contributed by atoms with Gasteiger partial charge < -0.3 is 20.3 Å². The Kier molecular flexibility index (Phi) is 7.46. The maximum atomic E-state index is 13.1. The molecule has 3 aliphatic rings. The molecule has 2 amide bonds. The number of hydrogen-bond donors (Lipinski definition) is 2. The molecule has 2 bridgehead atoms. The van der Waals surface area contributed by atoms with Crippen LogP contribution in [0.2, 0.25) is 0 Å². The Labute approximate surface area is 210 Å². The van der Waals surface area contributed by atoms with Crippen LogP contribution in [-0.2, 0) is 4.74 Å². The number of benzene rings is 2. The van der Waals surface area contributed by atoms with Gasteiger partial charge in [0.05, 0.1) is 4.88 Å². The fourth-order valence-corrected chi connectivity index (χ4v) is 6.32. The molecule has 4 heterocycles. The highest BCUT2D eigenvalue weighted by Crippen LogP contribution is 2.36. The molecular formula is C28H33N3O3S. The van der Waals surface area contributed by atoms with E-state index in [2.05, 4.69) is 27.7 Å². The van der Waals surface area contributed by atoms with E-state index in [1.54, 1.807) is 0 Å². The highest BCUT2D eigenvalue weighted by Gasteiger charge is 2.35. The number of piperidine rings is 3. The topological polar surface area (TPSA) is 70.7 Å². The Balaban J connectivity index is 1.32. The van der Waals surface area contributed by atoms with E-state index in [9.17, 15) is 9.59 Å². The molecule has 2 aromatic carbocycles. The molecule has 3 aliphatic heterocycles. The first-order valence-electron chi connectivity index (χ1n) is 12.6. The van der Waals surface area contributed by atoms with Crippen LogP contribution in [0.25, 0.3) is 21.2 Å². The molecule has 7 heteroatoms. The predicted octanol–water partition coefficient (Wildman–Crippen LogP) is 4.55. The summed E-state index contributed by atoms with van der Waals surface area (Å²) in [5.41, 5.74) is 2.65. The van der Waals surface area contributed by atoms with E-state index < -0.39 is 0 Å². The van der Waals surface area contributed by atoms with E-state index in [4.69, 9.17) is 4.74 Å². The average Bonchev–Trinajstić information content (AvgIpc) is 3.34. The number of nitrogens with zero attached hydrogens (tertiary/aromatic N) is 1. The Morgan fingerprint density at radius 2 is 1.91 bits per heavy atom. The number of rotatable bonds is 9. The van der Waals surface area contributed by atoms with Crippen LogP contribution in [0, 0.1) is 5.92 Å². The van der Waals surface area contributed by atoms with Gasteiger partial charge in [0.25, 0.3) is 11.8 Å². The van der Waals surface area contributed by atoms with Crippen LogP contribution in [0.5, 0.6) is 0 Å². The van der Waals surface area contributed by atoms with Gasteiger partial charge in [-0.05, 0) is 79.9 Å². The smallest absolute Gasteiger partial charge is 0.261 e. The Bertz CT molecular complexity index is 1200. The lowest BCUT2D eigenvalue weighted by atomic mass is 9.84. The zero-order valence-corrected chi connectivity index (χ0v) is 21.0. The molecule has 1 aromatic heterocycles. The number of ether oxygens (including phenoxy) is 1. The molecule has 0 saturated carbocycles. The maximum Gasteiger partial charge on any atom is 0.261 e. The van der Waals surface area contributed by atoms with Crippen molar-refractivity contribution in [2.75, 3.05) is 39.4 Å². The number of carbonyl (C=O) groups is 2. The number of carbonyl (C=O) groups excluding carboxylic acids is 2. The van der Waals surface area contributed by atoms with Crippen LogP contribution >= 0.6 is 11.3 Å². The molecule has 3 aromatic rings. The van der Waals surface area contributed by atoms with Crippen molar-refractivity contribution in [1.82, 2.24) is 15.5 Å². The number of thiophene rings is 1. The van der Waals surface area contributed by atoms with Gasteiger partial charge in [-0.1, -0.05) is 30.3 Å². The molecule has 0 aliphatic carbocycles. The van der Waals surface area contributed by atoms with Gasteiger partial charge >= 0.3 is 0 Å². The van der Waals surface area contributed by atoms with E-state index in [0.29, 0.717) is 31.2 Å². The molecule has 0 spiro atoms. The van der Waals surface area contributed by atoms with Gasteiger partial charge in [0, 0.05) is 42.6 Å². The summed E-state index contributed by atoms with van der Waals surface area (Å²) in [6.45, 7) is 7.17. The summed E-state index contributed by atoms with van der Waals surface area (Å²) >= 11 is 1.53. The summed E-state index contributed by atoms with van der Waals surface area (Å²) in [4.78, 5) is 29.0. The average molecular weight is 492 g/mol. The number of fused-ring (bicyclic) bond motifs is 4. The molecule has 1 atom stereocenters. The quantitative estimate of drug-likeness (QED) is 0.431. The zero-order chi connectivity index (χ0) is 24.2. The highest BCUT2D eigenvalue weighted by molar-refractivity contribution is 7.21. The molecule has 6 nitrogen and oxygen atoms in total. The molecule has 3 fully saturated rings. The van der Waals surface area contributed by atoms with Gasteiger partial charge in [0.1, 0.15) is 0 Å². The third-order valence-corrected chi connectivity index (χ3v) is 8.31. The van der Waals surface area contributed by atoms with E-state index in [1.807, 2.05) is 43.3 Å². The first kappa shape index (κ1) is 24.0. The van der Waals surface area contributed by atoms with Crippen LogP contribution in [0.1, 0.15) is 46.2 Å². The minimum atomic E-state index is -0.0840. The van der Waals surface area contributed by atoms with Crippen LogP contribution in [-0.4, -0.2) is 62.1 Å². The fraction of sp³-hybridized carbons (Fsp3) is 0.429. The van der Waals surface area contributed by atoms with Crippen LogP contribution in [0.3, 0.4) is 0 Å². The van der Waals surface area contributed by atoms with Crippen molar-refractivity contribution in [3.05, 3.63) is 59.0 Å². The maximum absolute atomic E-state index is 13.1. The van der Waals surface area contributed by atoms with Gasteiger partial charge in [-0.25, -0.2) is 0 Å². The van der Waals surface area contributed by atoms with Gasteiger partial charge in [-0.2, -0.15) is 0 Å². The molecule has 184 valence electrons. The fourth-order valence-electron chi connectivity index (χ4n) is 5.22. The summed E-state index contributed by atoms with van der Waals surface area (Å²) in [5.74, 6) is 0.539. The monoisotopic (exact) mass is 491 g/mol. The van der Waals surface area contributed by atoms with Crippen molar-refractivity contribution in [3.63, 3.8) is 0 Å². The number of nitrogens with one attached hydrogen (secondary N) is 2. The first-order valence-corrected chi connectivity index (χ1v) is 13.5. The third-order valence-electron chi connectivity index (χ3n) is 7.13. The van der Waals surface area contributed by atoms with Crippen LogP contribution in [0.15, 0.2) is 48.5 Å². The molecule has 6 rings (SSSR count). The minimum Gasteiger partial charge on any atom is -0.382 e. The first-order chi connectivity index (χ1) is 17.1. The second kappa shape index (κ2) is 10.9. The standard InChI is InChI=1S/C28H33N3O3S/c1-2-34-15-5-12-29-27(32)22-8-3-6-20(16-22)23-9-4-7-21-17-25(35-26(21)23)28(33)30-24-18-31-13-10-19(24)11-14-31/h3-4,6-9,16-17,19,24H,2,5,10-15,18H2,1H3,(H,29,32)(H,30,33)/t24-/m0/s1. The summed E-state index contributed by atoms with van der Waals surface area (Å²) in [6, 6.07) is 16.1. The summed E-state index contributed by atoms with van der Waals surface area (Å²) < 4.78 is 6.40. The van der Waals surface area contributed by atoms with Crippen molar-refractivity contribution in [3.8, 4) is 11.1 Å². The molecular weight excluding hydrogens is 458 g/mol. The lowest BCUT2D eigenvalue weighted by Gasteiger charge is -2.44. The molecule has 3 saturated heterocycles. The van der Waals surface area contributed by atoms with Gasteiger partial charge in [0.2, 0.25) is 0 Å². The van der Waals surface area contributed by atoms with Crippen molar-refractivity contribution < 1.29 is 14.3 Å². The van der Waals surface area contributed by atoms with E-state index >= 15 is 0 Å². The van der Waals surface area contributed by atoms with Crippen molar-refractivity contribution in [2.45, 2.75) is 32.2 Å². The van der Waals surface area contributed by atoms with E-state index in [-0.39, 0.29) is 17.9 Å². The van der Waals surface area contributed by atoms with E-state index in [0.717, 1.165) is 52.1 Å². The van der Waals surface area contributed by atoms with Gasteiger partial charge in [0.15, 0.2) is 0 Å².